The van der Waals surface area contributed by atoms with Crippen molar-refractivity contribution in [2.24, 2.45) is 0 Å². The Hall–Kier alpha value is -2.39. The molecule has 4 rings (SSSR count). The number of ether oxygens (including phenoxy) is 2. The summed E-state index contributed by atoms with van der Waals surface area (Å²) in [6, 6.07) is 0. The van der Waals surface area contributed by atoms with Crippen LogP contribution in [0.25, 0.3) is 11.2 Å². The first kappa shape index (κ1) is 23.8. The lowest BCUT2D eigenvalue weighted by Crippen LogP contribution is -2.43. The number of nitrogen functional groups attached to an aromatic ring is 1. The van der Waals surface area contributed by atoms with E-state index in [1.165, 1.54) is 10.9 Å². The number of aliphatic hydroxyl groups is 1. The highest BCUT2D eigenvalue weighted by molar-refractivity contribution is 7.36. The molecule has 33 heavy (non-hydrogen) atoms. The average molecular weight is 498 g/mol. The Bertz CT molecular complexity index is 1150. The predicted octanol–water partition coefficient (Wildman–Crippen LogP) is 1.46. The molecule has 1 aliphatic carbocycles. The van der Waals surface area contributed by atoms with Gasteiger partial charge in [0.15, 0.2) is 22.6 Å². The first-order valence-corrected chi connectivity index (χ1v) is 11.7. The van der Waals surface area contributed by atoms with Crippen molar-refractivity contribution in [2.75, 3.05) is 12.3 Å². The SMILES string of the molecule is C#C[C@]1(CO[P+](=O)NC2(C(=O)OC(C)C)CC2)O[C@@H](n2cnc3c(N)nc(Cl)nc32)C[C@@H]1O. The molecule has 1 saturated heterocycles. The van der Waals surface area contributed by atoms with E-state index in [-0.39, 0.29) is 30.2 Å². The number of aromatic nitrogens is 4. The van der Waals surface area contributed by atoms with Gasteiger partial charge >= 0.3 is 14.1 Å². The number of hydrogen-bond acceptors (Lipinski definition) is 10. The number of fused-ring (bicyclic) bond motifs is 1. The quantitative estimate of drug-likeness (QED) is 0.209. The number of aliphatic hydroxyl groups excluding tert-OH is 1. The zero-order chi connectivity index (χ0) is 24.0. The molecule has 14 heteroatoms. The number of hydrogen-bond donors (Lipinski definition) is 3. The van der Waals surface area contributed by atoms with Gasteiger partial charge in [0, 0.05) is 6.42 Å². The third kappa shape index (κ3) is 4.53. The number of nitrogens with two attached hydrogens (primary N) is 1. The molecule has 0 radical (unpaired) electrons. The topological polar surface area (TPSA) is 164 Å². The Morgan fingerprint density at radius 3 is 2.91 bits per heavy atom. The minimum absolute atomic E-state index is 0.0695. The van der Waals surface area contributed by atoms with Crippen molar-refractivity contribution in [3.63, 3.8) is 0 Å². The molecule has 1 saturated carbocycles. The Labute approximate surface area is 195 Å². The number of esters is 1. The number of halogens is 1. The van der Waals surface area contributed by atoms with E-state index in [0.29, 0.717) is 24.0 Å². The Morgan fingerprint density at radius 1 is 1.55 bits per heavy atom. The highest BCUT2D eigenvalue weighted by Crippen LogP contribution is 2.44. The first-order valence-electron chi connectivity index (χ1n) is 10.2. The molecule has 4 atom stereocenters. The van der Waals surface area contributed by atoms with Crippen LogP contribution in [0, 0.1) is 12.3 Å². The molecule has 0 amide bonds. The van der Waals surface area contributed by atoms with Crippen LogP contribution in [0.5, 0.6) is 0 Å². The van der Waals surface area contributed by atoms with E-state index in [1.807, 2.05) is 0 Å². The standard InChI is InChI=1S/C19H23ClN6O6P/c1-4-19(8-30-33(29)25-18(5-6-18)16(28)31-10(2)3)11(27)7-12(32-19)26-9-22-13-14(21)23-17(20)24-15(13)26/h1,9-12,27H,5-8H2,2-3H3,(H,25,29)(H2,21,23,24)/q+1/t11-,12+,19+/m0/s1. The fourth-order valence-electron chi connectivity index (χ4n) is 3.52. The summed E-state index contributed by atoms with van der Waals surface area (Å²) < 4.78 is 30.6. The molecule has 2 aromatic rings. The summed E-state index contributed by atoms with van der Waals surface area (Å²) in [5, 5.41) is 13.3. The maximum atomic E-state index is 12.5. The summed E-state index contributed by atoms with van der Waals surface area (Å²) in [7, 11) is -2.49. The fourth-order valence-corrected chi connectivity index (χ4v) is 4.73. The molecule has 3 heterocycles. The molecule has 0 aromatic carbocycles. The second-order valence-corrected chi connectivity index (χ2v) is 9.57. The minimum Gasteiger partial charge on any atom is -0.461 e. The number of imidazole rings is 1. The highest BCUT2D eigenvalue weighted by atomic mass is 35.5. The van der Waals surface area contributed by atoms with Crippen LogP contribution in [-0.2, 0) is 23.4 Å². The van der Waals surface area contributed by atoms with Crippen LogP contribution in [0.4, 0.5) is 5.82 Å². The lowest BCUT2D eigenvalue weighted by Gasteiger charge is -2.24. The molecule has 2 aliphatic rings. The summed E-state index contributed by atoms with van der Waals surface area (Å²) in [5.41, 5.74) is 3.84. The summed E-state index contributed by atoms with van der Waals surface area (Å²) >= 11 is 5.91. The number of rotatable bonds is 8. The maximum absolute atomic E-state index is 12.5. The van der Waals surface area contributed by atoms with Gasteiger partial charge in [0.25, 0.3) is 0 Å². The van der Waals surface area contributed by atoms with E-state index in [9.17, 15) is 14.5 Å². The van der Waals surface area contributed by atoms with Crippen LogP contribution >= 0.6 is 19.8 Å². The van der Waals surface area contributed by atoms with Gasteiger partial charge in [0.2, 0.25) is 5.28 Å². The molecular formula is C19H23ClN6O6P+. The zero-order valence-corrected chi connectivity index (χ0v) is 19.5. The molecule has 4 N–H and O–H groups in total. The lowest BCUT2D eigenvalue weighted by molar-refractivity contribution is -0.150. The van der Waals surface area contributed by atoms with Crippen LogP contribution in [0.3, 0.4) is 0 Å². The van der Waals surface area contributed by atoms with Crippen LogP contribution in [-0.4, -0.2) is 60.5 Å². The molecule has 12 nitrogen and oxygen atoms in total. The smallest absolute Gasteiger partial charge is 0.461 e. The first-order chi connectivity index (χ1) is 15.6. The molecule has 2 fully saturated rings. The molecule has 1 aliphatic heterocycles. The molecule has 1 unspecified atom stereocenters. The van der Waals surface area contributed by atoms with Crippen LogP contribution in [0.2, 0.25) is 5.28 Å². The van der Waals surface area contributed by atoms with Gasteiger partial charge in [-0.1, -0.05) is 11.0 Å². The van der Waals surface area contributed by atoms with Gasteiger partial charge in [-0.25, -0.2) is 9.78 Å². The van der Waals surface area contributed by atoms with Crippen LogP contribution < -0.4 is 10.8 Å². The normalized spacial score (nSPS) is 26.4. The summed E-state index contributed by atoms with van der Waals surface area (Å²) in [5.74, 6) is 2.02. The zero-order valence-electron chi connectivity index (χ0n) is 17.9. The molecule has 2 aromatic heterocycles. The number of terminal acetylenes is 1. The largest absolute Gasteiger partial charge is 0.614 e. The number of carbonyl (C=O) groups excluding carboxylic acids is 1. The van der Waals surface area contributed by atoms with Crippen molar-refractivity contribution >= 4 is 42.7 Å². The van der Waals surface area contributed by atoms with Crippen molar-refractivity contribution in [3.8, 4) is 12.3 Å². The summed E-state index contributed by atoms with van der Waals surface area (Å²) in [6.45, 7) is 3.07. The second kappa shape index (κ2) is 8.76. The van der Waals surface area contributed by atoms with Crippen LogP contribution in [0.1, 0.15) is 39.3 Å². The summed E-state index contributed by atoms with van der Waals surface area (Å²) in [6.07, 6.45) is 5.92. The molecule has 0 bridgehead atoms. The van der Waals surface area contributed by atoms with E-state index in [0.717, 1.165) is 0 Å². The summed E-state index contributed by atoms with van der Waals surface area (Å²) in [4.78, 5) is 24.4. The van der Waals surface area contributed by atoms with Gasteiger partial charge in [0.1, 0.15) is 24.5 Å². The van der Waals surface area contributed by atoms with Crippen molar-refractivity contribution in [1.82, 2.24) is 24.6 Å². The second-order valence-electron chi connectivity index (χ2n) is 8.24. The minimum atomic E-state index is -2.49. The number of carbonyl (C=O) groups is 1. The van der Waals surface area contributed by atoms with Gasteiger partial charge in [-0.2, -0.15) is 9.97 Å². The van der Waals surface area contributed by atoms with Crippen molar-refractivity contribution < 1.29 is 28.5 Å². The van der Waals surface area contributed by atoms with Gasteiger partial charge in [0.05, 0.1) is 12.4 Å². The number of nitrogens with zero attached hydrogens (tertiary/aromatic N) is 4. The molecule has 176 valence electrons. The number of anilines is 1. The average Bonchev–Trinajstić information content (AvgIpc) is 3.27. The van der Waals surface area contributed by atoms with Crippen molar-refractivity contribution in [3.05, 3.63) is 11.6 Å². The van der Waals surface area contributed by atoms with E-state index in [4.69, 9.17) is 37.8 Å². The van der Waals surface area contributed by atoms with Crippen molar-refractivity contribution in [1.29, 1.82) is 0 Å². The van der Waals surface area contributed by atoms with Crippen LogP contribution in [0.15, 0.2) is 6.33 Å². The van der Waals surface area contributed by atoms with Crippen molar-refractivity contribution in [2.45, 2.75) is 62.7 Å². The van der Waals surface area contributed by atoms with Gasteiger partial charge in [-0.3, -0.25) is 4.57 Å². The molecular weight excluding hydrogens is 475 g/mol. The molecule has 0 spiro atoms. The monoisotopic (exact) mass is 497 g/mol. The van der Waals surface area contributed by atoms with Gasteiger partial charge < -0.3 is 20.3 Å². The van der Waals surface area contributed by atoms with E-state index in [1.54, 1.807) is 13.8 Å². The van der Waals surface area contributed by atoms with Gasteiger partial charge in [-0.15, -0.1) is 10.9 Å². The Morgan fingerprint density at radius 2 is 2.27 bits per heavy atom. The Kier molecular flexibility index (Phi) is 6.30. The van der Waals surface area contributed by atoms with Gasteiger partial charge in [-0.05, 0) is 42.9 Å². The maximum Gasteiger partial charge on any atom is 0.614 e. The number of nitrogens with one attached hydrogen (secondary N) is 1. The van der Waals surface area contributed by atoms with E-state index in [2.05, 4.69) is 26.0 Å². The van der Waals surface area contributed by atoms with E-state index >= 15 is 0 Å². The Balaban J connectivity index is 1.44. The predicted molar refractivity (Wildman–Crippen MR) is 117 cm³/mol. The van der Waals surface area contributed by atoms with E-state index < -0.39 is 37.6 Å². The fraction of sp³-hybridized carbons (Fsp3) is 0.579. The lowest BCUT2D eigenvalue weighted by atomic mass is 9.99. The highest BCUT2D eigenvalue weighted by Gasteiger charge is 2.58. The third-order valence-electron chi connectivity index (χ3n) is 5.47. The third-order valence-corrected chi connectivity index (χ3v) is 6.61.